The summed E-state index contributed by atoms with van der Waals surface area (Å²) in [6.07, 6.45) is 0. The third-order valence-corrected chi connectivity index (χ3v) is 6.75. The highest BCUT2D eigenvalue weighted by Gasteiger charge is 2.34. The van der Waals surface area contributed by atoms with Gasteiger partial charge in [0, 0.05) is 33.8 Å². The van der Waals surface area contributed by atoms with Crippen LogP contribution in [0.15, 0.2) is 72.8 Å². The molecule has 0 amide bonds. The Labute approximate surface area is 165 Å². The molecule has 0 unspecified atom stereocenters. The van der Waals surface area contributed by atoms with Crippen molar-refractivity contribution in [3.63, 3.8) is 0 Å². The average molecular weight is 361 g/mol. The molecule has 1 nitrogen and oxygen atoms in total. The van der Waals surface area contributed by atoms with Crippen LogP contribution >= 0.6 is 0 Å². The van der Waals surface area contributed by atoms with E-state index in [-0.39, 0.29) is 5.41 Å². The third kappa shape index (κ3) is 1.77. The first-order chi connectivity index (χ1) is 13.6. The number of fused-ring (bicyclic) bond motifs is 6. The van der Waals surface area contributed by atoms with Gasteiger partial charge in [0.05, 0.1) is 5.52 Å². The summed E-state index contributed by atoms with van der Waals surface area (Å²) >= 11 is 0. The summed E-state index contributed by atoms with van der Waals surface area (Å²) in [5.74, 6) is 0. The zero-order valence-corrected chi connectivity index (χ0v) is 16.6. The average Bonchev–Trinajstić information content (AvgIpc) is 3.04. The topological polar surface area (TPSA) is 4.93 Å². The fourth-order valence-electron chi connectivity index (χ4n) is 5.49. The van der Waals surface area contributed by atoms with Gasteiger partial charge in [-0.25, -0.2) is 0 Å². The van der Waals surface area contributed by atoms with E-state index in [0.29, 0.717) is 0 Å². The monoisotopic (exact) mass is 361 g/mol. The largest absolute Gasteiger partial charge is 0.340 e. The lowest BCUT2D eigenvalue weighted by molar-refractivity contribution is 0.645. The lowest BCUT2D eigenvalue weighted by atomic mass is 9.68. The maximum atomic E-state index is 2.51. The molecule has 0 saturated carbocycles. The highest BCUT2D eigenvalue weighted by molar-refractivity contribution is 6.22. The van der Waals surface area contributed by atoms with Gasteiger partial charge in [-0.1, -0.05) is 74.5 Å². The SMILES string of the molecule is CCn1c2ccccc2c2cc3cccc4c3c(c21)-c1ccccc1C4(C)C. The molecular weight excluding hydrogens is 338 g/mol. The Bertz CT molecular complexity index is 1420. The smallest absolute Gasteiger partial charge is 0.0577 e. The van der Waals surface area contributed by atoms with Gasteiger partial charge >= 0.3 is 0 Å². The van der Waals surface area contributed by atoms with Crippen molar-refractivity contribution in [3.8, 4) is 11.1 Å². The second kappa shape index (κ2) is 5.26. The van der Waals surface area contributed by atoms with E-state index in [4.69, 9.17) is 0 Å². The van der Waals surface area contributed by atoms with E-state index in [1.54, 1.807) is 0 Å². The number of benzene rings is 4. The van der Waals surface area contributed by atoms with Crippen LogP contribution in [0.2, 0.25) is 0 Å². The standard InChI is InChI=1S/C27H23N/c1-4-28-23-15-8-6-11-18(23)20-16-17-10-9-14-22-24(17)25(26(20)28)19-12-5-7-13-21(19)27(22,2)3/h5-16H,4H2,1-3H3. The van der Waals surface area contributed by atoms with E-state index < -0.39 is 0 Å². The quantitative estimate of drug-likeness (QED) is 0.296. The molecule has 28 heavy (non-hydrogen) atoms. The molecule has 0 saturated heterocycles. The molecule has 1 heterocycles. The molecular formula is C27H23N. The number of para-hydroxylation sites is 1. The van der Waals surface area contributed by atoms with Crippen molar-refractivity contribution in [2.24, 2.45) is 0 Å². The summed E-state index contributed by atoms with van der Waals surface area (Å²) in [6.45, 7) is 7.95. The van der Waals surface area contributed by atoms with E-state index in [1.807, 2.05) is 0 Å². The van der Waals surface area contributed by atoms with Gasteiger partial charge in [-0.2, -0.15) is 0 Å². The number of aromatic nitrogens is 1. The van der Waals surface area contributed by atoms with Gasteiger partial charge in [-0.3, -0.25) is 0 Å². The zero-order chi connectivity index (χ0) is 19.0. The highest BCUT2D eigenvalue weighted by atomic mass is 15.0. The van der Waals surface area contributed by atoms with Gasteiger partial charge in [0.2, 0.25) is 0 Å². The number of nitrogens with zero attached hydrogens (tertiary/aromatic N) is 1. The number of rotatable bonds is 1. The number of aryl methyl sites for hydroxylation is 1. The van der Waals surface area contributed by atoms with E-state index in [9.17, 15) is 0 Å². The van der Waals surface area contributed by atoms with Crippen molar-refractivity contribution in [2.75, 3.05) is 0 Å². The van der Waals surface area contributed by atoms with Gasteiger partial charge in [-0.15, -0.1) is 0 Å². The fourth-order valence-corrected chi connectivity index (χ4v) is 5.49. The van der Waals surface area contributed by atoms with Crippen LogP contribution in [0.1, 0.15) is 31.9 Å². The lowest BCUT2D eigenvalue weighted by Crippen LogP contribution is -2.23. The van der Waals surface area contributed by atoms with Crippen LogP contribution in [-0.2, 0) is 12.0 Å². The van der Waals surface area contributed by atoms with Crippen LogP contribution in [0.5, 0.6) is 0 Å². The van der Waals surface area contributed by atoms with Crippen molar-refractivity contribution >= 4 is 32.6 Å². The Morgan fingerprint density at radius 1 is 0.786 bits per heavy atom. The second-order valence-corrected chi connectivity index (χ2v) is 8.48. The predicted molar refractivity (Wildman–Crippen MR) is 120 cm³/mol. The molecule has 1 heteroatoms. The van der Waals surface area contributed by atoms with Gasteiger partial charge in [0.15, 0.2) is 0 Å². The summed E-state index contributed by atoms with van der Waals surface area (Å²) < 4.78 is 2.51. The van der Waals surface area contributed by atoms with E-state index >= 15 is 0 Å². The van der Waals surface area contributed by atoms with Crippen LogP contribution in [0.3, 0.4) is 0 Å². The minimum atomic E-state index is -0.000159. The summed E-state index contributed by atoms with van der Waals surface area (Å²) in [4.78, 5) is 0. The molecule has 136 valence electrons. The van der Waals surface area contributed by atoms with Crippen molar-refractivity contribution < 1.29 is 0 Å². The Hall–Kier alpha value is -3.06. The third-order valence-electron chi connectivity index (χ3n) is 6.75. The van der Waals surface area contributed by atoms with Gasteiger partial charge in [0.1, 0.15) is 0 Å². The second-order valence-electron chi connectivity index (χ2n) is 8.48. The molecule has 4 aromatic carbocycles. The number of hydrogen-bond donors (Lipinski definition) is 0. The highest BCUT2D eigenvalue weighted by Crippen LogP contribution is 2.52. The summed E-state index contributed by atoms with van der Waals surface area (Å²) in [5, 5.41) is 5.50. The van der Waals surface area contributed by atoms with Crippen LogP contribution in [-0.4, -0.2) is 4.57 Å². The van der Waals surface area contributed by atoms with Gasteiger partial charge < -0.3 is 4.57 Å². The van der Waals surface area contributed by atoms with E-state index in [1.165, 1.54) is 54.8 Å². The van der Waals surface area contributed by atoms with Gasteiger partial charge in [-0.05, 0) is 46.5 Å². The van der Waals surface area contributed by atoms with Crippen LogP contribution in [0.4, 0.5) is 0 Å². The maximum Gasteiger partial charge on any atom is 0.0577 e. The molecule has 1 aromatic heterocycles. The maximum absolute atomic E-state index is 2.51. The minimum Gasteiger partial charge on any atom is -0.340 e. The van der Waals surface area contributed by atoms with Crippen molar-refractivity contribution in [1.82, 2.24) is 4.57 Å². The van der Waals surface area contributed by atoms with Crippen molar-refractivity contribution in [1.29, 1.82) is 0 Å². The molecule has 0 radical (unpaired) electrons. The summed E-state index contributed by atoms with van der Waals surface area (Å²) in [6, 6.07) is 27.1. The first-order valence-corrected chi connectivity index (χ1v) is 10.2. The Kier molecular flexibility index (Phi) is 3.00. The molecule has 0 atom stereocenters. The van der Waals surface area contributed by atoms with Crippen molar-refractivity contribution in [3.05, 3.63) is 83.9 Å². The molecule has 0 spiro atoms. The molecule has 6 rings (SSSR count). The molecule has 0 N–H and O–H groups in total. The summed E-state index contributed by atoms with van der Waals surface area (Å²) in [5.41, 5.74) is 8.38. The fraction of sp³-hybridized carbons (Fsp3) is 0.185. The molecule has 1 aliphatic carbocycles. The Balaban J connectivity index is 1.99. The normalized spacial score (nSPS) is 14.7. The first-order valence-electron chi connectivity index (χ1n) is 10.2. The Morgan fingerprint density at radius 3 is 2.39 bits per heavy atom. The minimum absolute atomic E-state index is 0.000159. The molecule has 0 fully saturated rings. The van der Waals surface area contributed by atoms with E-state index in [0.717, 1.165) is 6.54 Å². The van der Waals surface area contributed by atoms with Crippen LogP contribution in [0, 0.1) is 0 Å². The lowest BCUT2D eigenvalue weighted by Gasteiger charge is -2.35. The molecule has 1 aliphatic rings. The Morgan fingerprint density at radius 2 is 1.54 bits per heavy atom. The molecule has 0 aliphatic heterocycles. The van der Waals surface area contributed by atoms with Crippen LogP contribution < -0.4 is 0 Å². The summed E-state index contributed by atoms with van der Waals surface area (Å²) in [7, 11) is 0. The zero-order valence-electron chi connectivity index (χ0n) is 16.6. The first kappa shape index (κ1) is 15.9. The predicted octanol–water partition coefficient (Wildman–Crippen LogP) is 7.27. The van der Waals surface area contributed by atoms with Gasteiger partial charge in [0.25, 0.3) is 0 Å². The molecule has 5 aromatic rings. The van der Waals surface area contributed by atoms with E-state index in [2.05, 4.69) is 98.1 Å². The van der Waals surface area contributed by atoms with Crippen molar-refractivity contribution in [2.45, 2.75) is 32.7 Å². The number of hydrogen-bond acceptors (Lipinski definition) is 0. The van der Waals surface area contributed by atoms with Crippen LogP contribution in [0.25, 0.3) is 43.7 Å². The molecule has 0 bridgehead atoms.